The lowest BCUT2D eigenvalue weighted by atomic mass is 10.2. The second-order valence-electron chi connectivity index (χ2n) is 3.24. The molecule has 0 spiro atoms. The van der Waals surface area contributed by atoms with Crippen molar-refractivity contribution in [3.05, 3.63) is 18.0 Å². The second kappa shape index (κ2) is 3.34. The third kappa shape index (κ3) is 1.36. The third-order valence-electron chi connectivity index (χ3n) is 2.25. The summed E-state index contributed by atoms with van der Waals surface area (Å²) in [7, 11) is 3.31. The molecule has 0 radical (unpaired) electrons. The van der Waals surface area contributed by atoms with Crippen molar-refractivity contribution < 1.29 is 9.53 Å². The van der Waals surface area contributed by atoms with Crippen molar-refractivity contribution in [2.24, 2.45) is 7.05 Å². The van der Waals surface area contributed by atoms with Gasteiger partial charge in [0.1, 0.15) is 11.2 Å². The van der Waals surface area contributed by atoms with Crippen LogP contribution in [0.3, 0.4) is 0 Å². The molecule has 2 heterocycles. The highest BCUT2D eigenvalue weighted by molar-refractivity contribution is 6.05. The zero-order valence-corrected chi connectivity index (χ0v) is 8.81. The Bertz CT molecular complexity index is 531. The van der Waals surface area contributed by atoms with E-state index < -0.39 is 0 Å². The molecule has 0 aliphatic rings. The lowest BCUT2D eigenvalue weighted by Crippen LogP contribution is -1.96. The standard InChI is InChI=1S/C10H11N3O2/c1-6(14)8-7-4-5-11-10(15-3)9(7)13(2)12-8/h4-5H,1-3H3. The van der Waals surface area contributed by atoms with Gasteiger partial charge in [0.05, 0.1) is 7.11 Å². The molecule has 0 atom stereocenters. The maximum absolute atomic E-state index is 11.3. The van der Waals surface area contributed by atoms with Crippen LogP contribution in [0.15, 0.2) is 12.3 Å². The van der Waals surface area contributed by atoms with Gasteiger partial charge in [-0.1, -0.05) is 0 Å². The number of hydrogen-bond acceptors (Lipinski definition) is 4. The predicted molar refractivity (Wildman–Crippen MR) is 55.1 cm³/mol. The number of methoxy groups -OCH3 is 1. The monoisotopic (exact) mass is 205 g/mol. The first-order chi connectivity index (χ1) is 7.15. The quantitative estimate of drug-likeness (QED) is 0.691. The molecule has 78 valence electrons. The van der Waals surface area contributed by atoms with Crippen molar-refractivity contribution >= 4 is 16.7 Å². The van der Waals surface area contributed by atoms with Crippen molar-refractivity contribution in [2.75, 3.05) is 7.11 Å². The van der Waals surface area contributed by atoms with Crippen molar-refractivity contribution in [2.45, 2.75) is 6.92 Å². The number of ether oxygens (including phenoxy) is 1. The van der Waals surface area contributed by atoms with Gasteiger partial charge in [-0.3, -0.25) is 9.48 Å². The minimum Gasteiger partial charge on any atom is -0.479 e. The highest BCUT2D eigenvalue weighted by Gasteiger charge is 2.15. The summed E-state index contributed by atoms with van der Waals surface area (Å²) in [4.78, 5) is 15.4. The molecule has 2 rings (SSSR count). The first-order valence-electron chi connectivity index (χ1n) is 4.51. The van der Waals surface area contributed by atoms with Crippen LogP contribution in [0.25, 0.3) is 10.9 Å². The molecule has 5 heteroatoms. The van der Waals surface area contributed by atoms with Gasteiger partial charge in [-0.25, -0.2) is 4.98 Å². The minimum atomic E-state index is -0.0612. The Morgan fingerprint density at radius 2 is 2.27 bits per heavy atom. The normalized spacial score (nSPS) is 10.6. The largest absolute Gasteiger partial charge is 0.479 e. The summed E-state index contributed by atoms with van der Waals surface area (Å²) in [6.07, 6.45) is 1.61. The van der Waals surface area contributed by atoms with Gasteiger partial charge >= 0.3 is 0 Å². The van der Waals surface area contributed by atoms with Crippen LogP contribution in [-0.4, -0.2) is 27.7 Å². The molecule has 0 aromatic carbocycles. The van der Waals surface area contributed by atoms with Crippen LogP contribution in [0, 0.1) is 0 Å². The summed E-state index contributed by atoms with van der Waals surface area (Å²) in [5.41, 5.74) is 1.19. The maximum Gasteiger partial charge on any atom is 0.239 e. The fraction of sp³-hybridized carbons (Fsp3) is 0.300. The van der Waals surface area contributed by atoms with Gasteiger partial charge in [-0.15, -0.1) is 0 Å². The summed E-state index contributed by atoms with van der Waals surface area (Å²) in [6.45, 7) is 1.49. The number of aryl methyl sites for hydroxylation is 1. The van der Waals surface area contributed by atoms with E-state index in [2.05, 4.69) is 10.1 Å². The molecular weight excluding hydrogens is 194 g/mol. The molecule has 0 saturated carbocycles. The Morgan fingerprint density at radius 3 is 2.87 bits per heavy atom. The van der Waals surface area contributed by atoms with E-state index in [0.717, 1.165) is 10.9 Å². The van der Waals surface area contributed by atoms with Crippen LogP contribution in [-0.2, 0) is 7.05 Å². The summed E-state index contributed by atoms with van der Waals surface area (Å²) in [5.74, 6) is 0.420. The SMILES string of the molecule is COc1nccc2c(C(C)=O)nn(C)c12. The van der Waals surface area contributed by atoms with Crippen LogP contribution in [0.2, 0.25) is 0 Å². The zero-order valence-electron chi connectivity index (χ0n) is 8.81. The fourth-order valence-electron chi connectivity index (χ4n) is 1.60. The van der Waals surface area contributed by atoms with E-state index in [0.29, 0.717) is 11.6 Å². The van der Waals surface area contributed by atoms with Gasteiger partial charge in [0.2, 0.25) is 5.88 Å². The smallest absolute Gasteiger partial charge is 0.239 e. The molecule has 15 heavy (non-hydrogen) atoms. The number of hydrogen-bond donors (Lipinski definition) is 0. The maximum atomic E-state index is 11.3. The van der Waals surface area contributed by atoms with Gasteiger partial charge in [0, 0.05) is 25.6 Å². The molecule has 2 aromatic rings. The summed E-state index contributed by atoms with van der Waals surface area (Å²) in [5, 5.41) is 4.92. The average Bonchev–Trinajstić information content (AvgIpc) is 2.56. The van der Waals surface area contributed by atoms with Crippen LogP contribution >= 0.6 is 0 Å². The van der Waals surface area contributed by atoms with Gasteiger partial charge in [0.15, 0.2) is 5.78 Å². The van der Waals surface area contributed by atoms with E-state index in [4.69, 9.17) is 4.74 Å². The lowest BCUT2D eigenvalue weighted by molar-refractivity contribution is 0.101. The van der Waals surface area contributed by atoms with E-state index >= 15 is 0 Å². The summed E-state index contributed by atoms with van der Waals surface area (Å²) in [6, 6.07) is 1.77. The number of carbonyl (C=O) groups is 1. The Balaban J connectivity index is 2.85. The molecule has 0 fully saturated rings. The number of carbonyl (C=O) groups excluding carboxylic acids is 1. The molecule has 0 saturated heterocycles. The molecule has 0 aliphatic carbocycles. The number of rotatable bonds is 2. The number of nitrogens with zero attached hydrogens (tertiary/aromatic N) is 3. The molecule has 0 amide bonds. The Kier molecular flexibility index (Phi) is 2.15. The van der Waals surface area contributed by atoms with E-state index in [-0.39, 0.29) is 5.78 Å². The van der Waals surface area contributed by atoms with Crippen LogP contribution in [0.5, 0.6) is 5.88 Å². The summed E-state index contributed by atoms with van der Waals surface area (Å²) >= 11 is 0. The van der Waals surface area contributed by atoms with Crippen LogP contribution < -0.4 is 4.74 Å². The highest BCUT2D eigenvalue weighted by Crippen LogP contribution is 2.24. The number of Topliss-reactive ketones (excluding diaryl/α,β-unsaturated/α-hetero) is 1. The van der Waals surface area contributed by atoms with E-state index in [1.807, 2.05) is 0 Å². The topological polar surface area (TPSA) is 57.0 Å². The van der Waals surface area contributed by atoms with Crippen molar-refractivity contribution in [3.8, 4) is 5.88 Å². The van der Waals surface area contributed by atoms with Gasteiger partial charge in [-0.2, -0.15) is 5.10 Å². The predicted octanol–water partition coefficient (Wildman–Crippen LogP) is 1.18. The molecule has 2 aromatic heterocycles. The van der Waals surface area contributed by atoms with Crippen LogP contribution in [0.4, 0.5) is 0 Å². The van der Waals surface area contributed by atoms with E-state index in [1.165, 1.54) is 6.92 Å². The van der Waals surface area contributed by atoms with Crippen molar-refractivity contribution in [1.29, 1.82) is 0 Å². The number of aromatic nitrogens is 3. The molecule has 0 N–H and O–H groups in total. The van der Waals surface area contributed by atoms with Gasteiger partial charge < -0.3 is 4.74 Å². The Hall–Kier alpha value is -1.91. The molecule has 0 aliphatic heterocycles. The number of fused-ring (bicyclic) bond motifs is 1. The Morgan fingerprint density at radius 1 is 1.53 bits per heavy atom. The molecular formula is C10H11N3O2. The van der Waals surface area contributed by atoms with Crippen LogP contribution in [0.1, 0.15) is 17.4 Å². The first-order valence-corrected chi connectivity index (χ1v) is 4.51. The van der Waals surface area contributed by atoms with E-state index in [1.54, 1.807) is 31.1 Å². The first kappa shape index (κ1) is 9.64. The molecule has 0 unspecified atom stereocenters. The van der Waals surface area contributed by atoms with Crippen molar-refractivity contribution in [3.63, 3.8) is 0 Å². The Labute approximate surface area is 86.7 Å². The average molecular weight is 205 g/mol. The molecule has 0 bridgehead atoms. The van der Waals surface area contributed by atoms with Gasteiger partial charge in [-0.05, 0) is 6.07 Å². The lowest BCUT2D eigenvalue weighted by Gasteiger charge is -2.00. The second-order valence-corrected chi connectivity index (χ2v) is 3.24. The third-order valence-corrected chi connectivity index (χ3v) is 2.25. The van der Waals surface area contributed by atoms with Crippen molar-refractivity contribution in [1.82, 2.24) is 14.8 Å². The molecule has 5 nitrogen and oxygen atoms in total. The fourth-order valence-corrected chi connectivity index (χ4v) is 1.60. The zero-order chi connectivity index (χ0) is 11.0. The number of ketones is 1. The van der Waals surface area contributed by atoms with Gasteiger partial charge in [0.25, 0.3) is 0 Å². The number of pyridine rings is 1. The minimum absolute atomic E-state index is 0.0612. The summed E-state index contributed by atoms with van der Waals surface area (Å²) < 4.78 is 6.73. The highest BCUT2D eigenvalue weighted by atomic mass is 16.5. The van der Waals surface area contributed by atoms with E-state index in [9.17, 15) is 4.79 Å².